The minimum Gasteiger partial charge on any atom is -0.397 e. The molecule has 2 rings (SSSR count). The lowest BCUT2D eigenvalue weighted by Crippen LogP contribution is -2.15. The molecule has 4 heteroatoms. The van der Waals surface area contributed by atoms with Gasteiger partial charge < -0.3 is 16.2 Å². The molecule has 0 spiro atoms. The van der Waals surface area contributed by atoms with Crippen molar-refractivity contribution in [3.05, 3.63) is 59.9 Å². The van der Waals surface area contributed by atoms with E-state index in [1.54, 1.807) is 0 Å². The second kappa shape index (κ2) is 5.51. The number of halogens is 1. The van der Waals surface area contributed by atoms with Crippen molar-refractivity contribution >= 4 is 11.4 Å². The molecule has 0 aliphatic carbocycles. The number of nitrogens with one attached hydrogen (secondary N) is 1. The number of nitrogen functional groups attached to an aromatic ring is 1. The number of aliphatic hydroxyl groups is 1. The Morgan fingerprint density at radius 2 is 1.89 bits per heavy atom. The Bertz CT molecular complexity index is 516. The molecule has 4 N–H and O–H groups in total. The van der Waals surface area contributed by atoms with Crippen LogP contribution in [0.5, 0.6) is 0 Å². The number of hydrogen-bond donors (Lipinski definition) is 3. The molecule has 0 saturated carbocycles. The van der Waals surface area contributed by atoms with Gasteiger partial charge in [-0.25, -0.2) is 4.39 Å². The summed E-state index contributed by atoms with van der Waals surface area (Å²) in [6, 6.07) is 13.3. The van der Waals surface area contributed by atoms with Crippen LogP contribution in [-0.4, -0.2) is 11.7 Å². The van der Waals surface area contributed by atoms with Gasteiger partial charge in [0.2, 0.25) is 0 Å². The Balaban J connectivity index is 2.23. The fourth-order valence-electron chi connectivity index (χ4n) is 1.76. The van der Waals surface area contributed by atoms with Crippen molar-refractivity contribution in [2.24, 2.45) is 0 Å². The highest BCUT2D eigenvalue weighted by molar-refractivity contribution is 5.66. The summed E-state index contributed by atoms with van der Waals surface area (Å²) in [7, 11) is 0. The zero-order valence-corrected chi connectivity index (χ0v) is 9.81. The first-order chi connectivity index (χ1) is 8.70. The number of anilines is 2. The molecule has 18 heavy (non-hydrogen) atoms. The van der Waals surface area contributed by atoms with E-state index < -0.39 is 0 Å². The van der Waals surface area contributed by atoms with Crippen LogP contribution in [0.4, 0.5) is 15.8 Å². The molecule has 0 heterocycles. The first kappa shape index (κ1) is 12.4. The SMILES string of the molecule is Nc1ccc(F)cc1NC(CO)c1ccccc1. The van der Waals surface area contributed by atoms with Crippen molar-refractivity contribution in [3.63, 3.8) is 0 Å². The van der Waals surface area contributed by atoms with E-state index in [0.717, 1.165) is 5.56 Å². The molecule has 2 aromatic rings. The maximum absolute atomic E-state index is 13.1. The smallest absolute Gasteiger partial charge is 0.125 e. The number of hydrogen-bond acceptors (Lipinski definition) is 3. The van der Waals surface area contributed by atoms with Crippen LogP contribution in [0, 0.1) is 5.82 Å². The van der Waals surface area contributed by atoms with Crippen LogP contribution >= 0.6 is 0 Å². The number of rotatable bonds is 4. The van der Waals surface area contributed by atoms with E-state index >= 15 is 0 Å². The average Bonchev–Trinajstić information content (AvgIpc) is 2.41. The molecular weight excluding hydrogens is 231 g/mol. The van der Waals surface area contributed by atoms with Crippen LogP contribution in [0.15, 0.2) is 48.5 Å². The fraction of sp³-hybridized carbons (Fsp3) is 0.143. The molecule has 0 saturated heterocycles. The highest BCUT2D eigenvalue weighted by atomic mass is 19.1. The third-order valence-corrected chi connectivity index (χ3v) is 2.73. The van der Waals surface area contributed by atoms with Gasteiger partial charge in [-0.3, -0.25) is 0 Å². The molecule has 94 valence electrons. The van der Waals surface area contributed by atoms with Crippen molar-refractivity contribution in [1.82, 2.24) is 0 Å². The summed E-state index contributed by atoms with van der Waals surface area (Å²) in [5.41, 5.74) is 7.61. The van der Waals surface area contributed by atoms with Crippen LogP contribution in [0.3, 0.4) is 0 Å². The van der Waals surface area contributed by atoms with Crippen molar-refractivity contribution < 1.29 is 9.50 Å². The van der Waals surface area contributed by atoms with Gasteiger partial charge in [0.05, 0.1) is 24.0 Å². The Hall–Kier alpha value is -2.07. The van der Waals surface area contributed by atoms with Crippen LogP contribution in [-0.2, 0) is 0 Å². The third kappa shape index (κ3) is 2.78. The lowest BCUT2D eigenvalue weighted by atomic mass is 10.1. The summed E-state index contributed by atoms with van der Waals surface area (Å²) >= 11 is 0. The van der Waals surface area contributed by atoms with E-state index in [-0.39, 0.29) is 18.5 Å². The monoisotopic (exact) mass is 246 g/mol. The number of benzene rings is 2. The van der Waals surface area contributed by atoms with Crippen LogP contribution in [0.25, 0.3) is 0 Å². The van der Waals surface area contributed by atoms with Gasteiger partial charge in [0, 0.05) is 0 Å². The molecule has 0 radical (unpaired) electrons. The van der Waals surface area contributed by atoms with Gasteiger partial charge in [0.15, 0.2) is 0 Å². The normalized spacial score (nSPS) is 12.1. The average molecular weight is 246 g/mol. The van der Waals surface area contributed by atoms with E-state index in [4.69, 9.17) is 5.73 Å². The molecule has 0 bridgehead atoms. The minimum atomic E-state index is -0.364. The first-order valence-electron chi connectivity index (χ1n) is 5.68. The summed E-state index contributed by atoms with van der Waals surface area (Å²) in [6.07, 6.45) is 0. The predicted octanol–water partition coefficient (Wildman–Crippen LogP) is 2.55. The van der Waals surface area contributed by atoms with Crippen LogP contribution < -0.4 is 11.1 Å². The Kier molecular flexibility index (Phi) is 3.79. The fourth-order valence-corrected chi connectivity index (χ4v) is 1.76. The predicted molar refractivity (Wildman–Crippen MR) is 70.7 cm³/mol. The molecule has 0 fully saturated rings. The van der Waals surface area contributed by atoms with Gasteiger partial charge in [-0.05, 0) is 23.8 Å². The van der Waals surface area contributed by atoms with E-state index in [0.29, 0.717) is 11.4 Å². The standard InChI is InChI=1S/C14H15FN2O/c15-11-6-7-12(16)13(8-11)17-14(9-18)10-4-2-1-3-5-10/h1-8,14,17-18H,9,16H2. The summed E-state index contributed by atoms with van der Waals surface area (Å²) < 4.78 is 13.1. The quantitative estimate of drug-likeness (QED) is 0.727. The third-order valence-electron chi connectivity index (χ3n) is 2.73. The molecule has 0 amide bonds. The van der Waals surface area contributed by atoms with E-state index in [9.17, 15) is 9.50 Å². The van der Waals surface area contributed by atoms with Crippen molar-refractivity contribution in [1.29, 1.82) is 0 Å². The Morgan fingerprint density at radius 1 is 1.17 bits per heavy atom. The lowest BCUT2D eigenvalue weighted by Gasteiger charge is -2.19. The van der Waals surface area contributed by atoms with Gasteiger partial charge in [0.1, 0.15) is 5.82 Å². The Labute approximate surface area is 105 Å². The minimum absolute atomic E-state index is 0.0973. The summed E-state index contributed by atoms with van der Waals surface area (Å²) in [4.78, 5) is 0. The maximum Gasteiger partial charge on any atom is 0.125 e. The van der Waals surface area contributed by atoms with E-state index in [1.165, 1.54) is 18.2 Å². The second-order valence-electron chi connectivity index (χ2n) is 4.02. The summed E-state index contributed by atoms with van der Waals surface area (Å²) in [5.74, 6) is -0.364. The van der Waals surface area contributed by atoms with Gasteiger partial charge in [0.25, 0.3) is 0 Å². The molecular formula is C14H15FN2O. The van der Waals surface area contributed by atoms with E-state index in [1.807, 2.05) is 30.3 Å². The molecule has 1 atom stereocenters. The molecule has 3 nitrogen and oxygen atoms in total. The second-order valence-corrected chi connectivity index (χ2v) is 4.02. The van der Waals surface area contributed by atoms with Crippen molar-refractivity contribution in [3.8, 4) is 0 Å². The first-order valence-corrected chi connectivity index (χ1v) is 5.68. The summed E-state index contributed by atoms with van der Waals surface area (Å²) in [5, 5.41) is 12.4. The Morgan fingerprint density at radius 3 is 2.56 bits per heavy atom. The van der Waals surface area contributed by atoms with Crippen molar-refractivity contribution in [2.45, 2.75) is 6.04 Å². The topological polar surface area (TPSA) is 58.3 Å². The lowest BCUT2D eigenvalue weighted by molar-refractivity contribution is 0.276. The molecule has 1 unspecified atom stereocenters. The van der Waals surface area contributed by atoms with Gasteiger partial charge in [-0.1, -0.05) is 30.3 Å². The maximum atomic E-state index is 13.1. The largest absolute Gasteiger partial charge is 0.397 e. The molecule has 0 aliphatic rings. The zero-order chi connectivity index (χ0) is 13.0. The molecule has 0 aliphatic heterocycles. The summed E-state index contributed by atoms with van der Waals surface area (Å²) in [6.45, 7) is -0.0973. The highest BCUT2D eigenvalue weighted by Gasteiger charge is 2.11. The zero-order valence-electron chi connectivity index (χ0n) is 9.81. The van der Waals surface area contributed by atoms with E-state index in [2.05, 4.69) is 5.32 Å². The van der Waals surface area contributed by atoms with Gasteiger partial charge >= 0.3 is 0 Å². The number of nitrogens with two attached hydrogens (primary N) is 1. The van der Waals surface area contributed by atoms with Crippen molar-refractivity contribution in [2.75, 3.05) is 17.7 Å². The molecule has 2 aromatic carbocycles. The number of aliphatic hydroxyl groups excluding tert-OH is 1. The van der Waals surface area contributed by atoms with Crippen LogP contribution in [0.2, 0.25) is 0 Å². The van der Waals surface area contributed by atoms with Crippen LogP contribution in [0.1, 0.15) is 11.6 Å². The molecule has 0 aromatic heterocycles. The van der Waals surface area contributed by atoms with Gasteiger partial charge in [-0.15, -0.1) is 0 Å². The van der Waals surface area contributed by atoms with Gasteiger partial charge in [-0.2, -0.15) is 0 Å². The highest BCUT2D eigenvalue weighted by Crippen LogP contribution is 2.24.